The zero-order valence-electron chi connectivity index (χ0n) is 16.2. The van der Waals surface area contributed by atoms with E-state index in [1.165, 1.54) is 23.1 Å². The van der Waals surface area contributed by atoms with E-state index in [-0.39, 0.29) is 27.8 Å². The van der Waals surface area contributed by atoms with Gasteiger partial charge in [0.05, 0.1) is 11.7 Å². The Balaban J connectivity index is 1.69. The van der Waals surface area contributed by atoms with Gasteiger partial charge in [-0.05, 0) is 49.5 Å². The number of rotatable bonds is 4. The lowest BCUT2D eigenvalue weighted by atomic mass is 10.1. The molecule has 0 radical (unpaired) electrons. The molecule has 3 aromatic rings. The van der Waals surface area contributed by atoms with Crippen LogP contribution < -0.4 is 15.3 Å². The number of carboxylic acids is 1. The molecule has 1 aliphatic rings. The van der Waals surface area contributed by atoms with Crippen LogP contribution in [0.25, 0.3) is 17.4 Å². The maximum atomic E-state index is 13.0. The minimum atomic E-state index is -1.34. The van der Waals surface area contributed by atoms with Gasteiger partial charge in [-0.25, -0.2) is 0 Å². The fourth-order valence-electron chi connectivity index (χ4n) is 3.18. The molecule has 1 N–H and O–H groups in total. The number of hydrogen-bond acceptors (Lipinski definition) is 6. The third-order valence-corrected chi connectivity index (χ3v) is 5.00. The van der Waals surface area contributed by atoms with E-state index in [9.17, 15) is 19.5 Å². The molecule has 0 bridgehead atoms. The first-order valence-electron chi connectivity index (χ1n) is 9.24. The lowest BCUT2D eigenvalue weighted by molar-refractivity contribution is -0.255. The van der Waals surface area contributed by atoms with E-state index in [1.807, 2.05) is 19.1 Å². The molecule has 7 nitrogen and oxygen atoms in total. The van der Waals surface area contributed by atoms with Crippen molar-refractivity contribution >= 4 is 46.9 Å². The third-order valence-electron chi connectivity index (χ3n) is 4.72. The van der Waals surface area contributed by atoms with E-state index >= 15 is 0 Å². The fourth-order valence-corrected chi connectivity index (χ4v) is 3.46. The summed E-state index contributed by atoms with van der Waals surface area (Å²) < 4.78 is 5.69. The highest BCUT2D eigenvalue weighted by Gasteiger charge is 2.34. The standard InChI is InChI=1S/C23H16N2O5S/c1-13-6-8-14(9-7-13)25-21(27)18(20(26)24-23(25)31)12-15-10-11-19(30-15)16-4-2-3-5-17(16)22(28)29/h2-12H,1H3,(H,28,29)(H,24,26,31)/p-1/b18-12+. The number of nitrogens with zero attached hydrogens (tertiary/aromatic N) is 1. The third kappa shape index (κ3) is 3.88. The zero-order valence-corrected chi connectivity index (χ0v) is 17.1. The predicted octanol–water partition coefficient (Wildman–Crippen LogP) is 2.45. The van der Waals surface area contributed by atoms with Crippen molar-refractivity contribution in [1.82, 2.24) is 5.32 Å². The number of thiocarbonyl (C=S) groups is 1. The highest BCUT2D eigenvalue weighted by Crippen LogP contribution is 2.28. The Morgan fingerprint density at radius 3 is 2.48 bits per heavy atom. The van der Waals surface area contributed by atoms with Crippen molar-refractivity contribution in [1.29, 1.82) is 0 Å². The number of aryl methyl sites for hydroxylation is 1. The molecule has 1 aromatic heterocycles. The Morgan fingerprint density at radius 2 is 1.77 bits per heavy atom. The highest BCUT2D eigenvalue weighted by atomic mass is 32.1. The summed E-state index contributed by atoms with van der Waals surface area (Å²) in [6.45, 7) is 1.92. The maximum Gasteiger partial charge on any atom is 0.270 e. The topological polar surface area (TPSA) is 103 Å². The molecular formula is C23H15N2O5S-. The molecule has 1 saturated heterocycles. The Morgan fingerprint density at radius 1 is 1.06 bits per heavy atom. The molecule has 1 aliphatic heterocycles. The van der Waals surface area contributed by atoms with Crippen LogP contribution in [0.4, 0.5) is 5.69 Å². The van der Waals surface area contributed by atoms with E-state index in [0.717, 1.165) is 5.56 Å². The van der Waals surface area contributed by atoms with Gasteiger partial charge >= 0.3 is 0 Å². The number of anilines is 1. The smallest absolute Gasteiger partial charge is 0.270 e. The van der Waals surface area contributed by atoms with Crippen LogP contribution in [-0.2, 0) is 9.59 Å². The molecule has 0 spiro atoms. The zero-order chi connectivity index (χ0) is 22.1. The monoisotopic (exact) mass is 431 g/mol. The van der Waals surface area contributed by atoms with Crippen molar-refractivity contribution in [3.05, 3.63) is 83.1 Å². The summed E-state index contributed by atoms with van der Waals surface area (Å²) in [5.74, 6) is -2.10. The minimum absolute atomic E-state index is 0.0148. The molecule has 1 fully saturated rings. The molecule has 0 aliphatic carbocycles. The summed E-state index contributed by atoms with van der Waals surface area (Å²) in [6.07, 6.45) is 1.30. The molecule has 0 saturated carbocycles. The molecule has 2 heterocycles. The average Bonchev–Trinajstić information content (AvgIpc) is 3.21. The molecule has 2 amide bonds. The summed E-state index contributed by atoms with van der Waals surface area (Å²) in [7, 11) is 0. The second-order valence-corrected chi connectivity index (χ2v) is 7.22. The van der Waals surface area contributed by atoms with Crippen LogP contribution >= 0.6 is 12.2 Å². The minimum Gasteiger partial charge on any atom is -0.545 e. The van der Waals surface area contributed by atoms with Gasteiger partial charge in [0, 0.05) is 11.1 Å². The van der Waals surface area contributed by atoms with E-state index in [2.05, 4.69) is 5.32 Å². The summed E-state index contributed by atoms with van der Waals surface area (Å²) >= 11 is 5.18. The van der Waals surface area contributed by atoms with Crippen molar-refractivity contribution in [3.8, 4) is 11.3 Å². The number of carbonyl (C=O) groups excluding carboxylic acids is 3. The van der Waals surface area contributed by atoms with E-state index in [4.69, 9.17) is 16.6 Å². The average molecular weight is 431 g/mol. The number of amides is 2. The van der Waals surface area contributed by atoms with Crippen molar-refractivity contribution in [2.45, 2.75) is 6.92 Å². The number of nitrogens with one attached hydrogen (secondary N) is 1. The summed E-state index contributed by atoms with van der Waals surface area (Å²) in [4.78, 5) is 38.0. The predicted molar refractivity (Wildman–Crippen MR) is 116 cm³/mol. The van der Waals surface area contributed by atoms with Crippen LogP contribution in [0.1, 0.15) is 21.7 Å². The number of hydrogen-bond donors (Lipinski definition) is 1. The largest absolute Gasteiger partial charge is 0.545 e. The first-order chi connectivity index (χ1) is 14.8. The van der Waals surface area contributed by atoms with Gasteiger partial charge in [-0.15, -0.1) is 0 Å². The second-order valence-electron chi connectivity index (χ2n) is 6.83. The lowest BCUT2D eigenvalue weighted by Gasteiger charge is -2.28. The van der Waals surface area contributed by atoms with E-state index in [0.29, 0.717) is 11.3 Å². The van der Waals surface area contributed by atoms with Gasteiger partial charge in [-0.1, -0.05) is 42.0 Å². The molecule has 0 unspecified atom stereocenters. The number of benzene rings is 2. The van der Waals surface area contributed by atoms with E-state index < -0.39 is 17.8 Å². The first-order valence-corrected chi connectivity index (χ1v) is 9.64. The van der Waals surface area contributed by atoms with Crippen LogP contribution in [0, 0.1) is 6.92 Å². The number of carbonyl (C=O) groups is 3. The van der Waals surface area contributed by atoms with Crippen LogP contribution in [0.15, 0.2) is 70.7 Å². The molecule has 8 heteroatoms. The van der Waals surface area contributed by atoms with Gasteiger partial charge in [0.1, 0.15) is 17.1 Å². The maximum absolute atomic E-state index is 13.0. The van der Waals surface area contributed by atoms with Gasteiger partial charge in [0.2, 0.25) is 0 Å². The Labute approximate surface area is 182 Å². The van der Waals surface area contributed by atoms with Crippen LogP contribution in [-0.4, -0.2) is 22.9 Å². The van der Waals surface area contributed by atoms with Crippen LogP contribution in [0.3, 0.4) is 0 Å². The van der Waals surface area contributed by atoms with Crippen molar-refractivity contribution in [2.24, 2.45) is 0 Å². The van der Waals surface area contributed by atoms with Gasteiger partial charge in [-0.2, -0.15) is 0 Å². The normalized spacial score (nSPS) is 15.3. The molecule has 2 aromatic carbocycles. The van der Waals surface area contributed by atoms with Crippen LogP contribution in [0.2, 0.25) is 0 Å². The Kier molecular flexibility index (Phi) is 5.22. The fraction of sp³-hybridized carbons (Fsp3) is 0.0435. The van der Waals surface area contributed by atoms with Crippen LogP contribution in [0.5, 0.6) is 0 Å². The summed E-state index contributed by atoms with van der Waals surface area (Å²) in [5.41, 5.74) is 1.67. The molecule has 0 atom stereocenters. The number of carboxylic acid groups (broad SMARTS) is 1. The van der Waals surface area contributed by atoms with Gasteiger partial charge in [-0.3, -0.25) is 19.8 Å². The van der Waals surface area contributed by atoms with Crippen molar-refractivity contribution < 1.29 is 23.9 Å². The molecular weight excluding hydrogens is 416 g/mol. The SMILES string of the molecule is Cc1ccc(N2C(=O)/C(=C/c3ccc(-c4ccccc4C(=O)[O-])o3)C(=O)NC2=S)cc1. The van der Waals surface area contributed by atoms with E-state index in [1.54, 1.807) is 36.4 Å². The summed E-state index contributed by atoms with van der Waals surface area (Å²) in [5, 5.41) is 13.8. The Bertz CT molecular complexity index is 1260. The highest BCUT2D eigenvalue weighted by molar-refractivity contribution is 7.80. The second kappa shape index (κ2) is 8.00. The quantitative estimate of drug-likeness (QED) is 0.387. The van der Waals surface area contributed by atoms with Gasteiger partial charge < -0.3 is 14.3 Å². The molecule has 154 valence electrons. The van der Waals surface area contributed by atoms with Gasteiger partial charge in [0.15, 0.2) is 5.11 Å². The lowest BCUT2D eigenvalue weighted by Crippen LogP contribution is -2.54. The Hall–Kier alpha value is -4.04. The molecule has 4 rings (SSSR count). The number of aromatic carboxylic acids is 1. The first kappa shape index (κ1) is 20.2. The summed E-state index contributed by atoms with van der Waals surface area (Å²) in [6, 6.07) is 16.5. The number of furan rings is 1. The van der Waals surface area contributed by atoms with Crippen molar-refractivity contribution in [3.63, 3.8) is 0 Å². The van der Waals surface area contributed by atoms with Crippen molar-refractivity contribution in [2.75, 3.05) is 4.90 Å². The molecule has 31 heavy (non-hydrogen) atoms. The van der Waals surface area contributed by atoms with Gasteiger partial charge in [0.25, 0.3) is 11.8 Å².